The van der Waals surface area contributed by atoms with E-state index in [1.54, 1.807) is 6.20 Å². The van der Waals surface area contributed by atoms with E-state index in [2.05, 4.69) is 32.0 Å². The average molecular weight is 242 g/mol. The third-order valence-electron chi connectivity index (χ3n) is 2.50. The largest absolute Gasteiger partial charge is 0.378 e. The van der Waals surface area contributed by atoms with Crippen LogP contribution in [0.25, 0.3) is 10.9 Å². The Bertz CT molecular complexity index is 616. The van der Waals surface area contributed by atoms with E-state index in [4.69, 9.17) is 0 Å². The summed E-state index contributed by atoms with van der Waals surface area (Å²) < 4.78 is 3.83. The predicted molar refractivity (Wildman–Crippen MR) is 69.0 cm³/mol. The Hall–Kier alpha value is -2.01. The lowest BCUT2D eigenvalue weighted by Gasteiger charge is -2.07. The number of nitrogens with zero attached hydrogens (tertiary/aromatic N) is 3. The van der Waals surface area contributed by atoms with Crippen molar-refractivity contribution in [1.29, 1.82) is 0 Å². The summed E-state index contributed by atoms with van der Waals surface area (Å²) >= 11 is 1.36. The second kappa shape index (κ2) is 4.47. The van der Waals surface area contributed by atoms with Crippen LogP contribution in [0.1, 0.15) is 5.69 Å². The zero-order chi connectivity index (χ0) is 11.5. The first-order valence-electron chi connectivity index (χ1n) is 5.27. The third kappa shape index (κ3) is 2.09. The molecule has 17 heavy (non-hydrogen) atoms. The molecule has 84 valence electrons. The fourth-order valence-electron chi connectivity index (χ4n) is 1.69. The number of benzene rings is 1. The summed E-state index contributed by atoms with van der Waals surface area (Å²) in [7, 11) is 0. The number of anilines is 1. The van der Waals surface area contributed by atoms with Gasteiger partial charge in [-0.15, -0.1) is 5.10 Å². The van der Waals surface area contributed by atoms with Crippen molar-refractivity contribution in [2.75, 3.05) is 5.32 Å². The van der Waals surface area contributed by atoms with Gasteiger partial charge in [0.05, 0.1) is 23.4 Å². The highest BCUT2D eigenvalue weighted by Crippen LogP contribution is 2.20. The highest BCUT2D eigenvalue weighted by Gasteiger charge is 2.02. The number of pyridine rings is 1. The first-order valence-corrected chi connectivity index (χ1v) is 6.11. The molecule has 1 N–H and O–H groups in total. The molecular formula is C12H10N4S. The lowest BCUT2D eigenvalue weighted by atomic mass is 10.2. The average Bonchev–Trinajstić information content (AvgIpc) is 2.89. The zero-order valence-corrected chi connectivity index (χ0v) is 9.81. The Balaban J connectivity index is 1.90. The molecule has 1 aromatic carbocycles. The fourth-order valence-corrected chi connectivity index (χ4v) is 2.14. The van der Waals surface area contributed by atoms with E-state index in [1.165, 1.54) is 11.5 Å². The second-order valence-corrected chi connectivity index (χ2v) is 4.24. The van der Waals surface area contributed by atoms with Crippen molar-refractivity contribution in [3.05, 3.63) is 47.6 Å². The Morgan fingerprint density at radius 1 is 1.18 bits per heavy atom. The van der Waals surface area contributed by atoms with Crippen LogP contribution >= 0.6 is 11.5 Å². The van der Waals surface area contributed by atoms with Crippen LogP contribution in [0, 0.1) is 0 Å². The van der Waals surface area contributed by atoms with Crippen molar-refractivity contribution in [3.63, 3.8) is 0 Å². The topological polar surface area (TPSA) is 50.7 Å². The van der Waals surface area contributed by atoms with Crippen molar-refractivity contribution in [3.8, 4) is 0 Å². The molecule has 0 fully saturated rings. The maximum atomic E-state index is 4.39. The Morgan fingerprint density at radius 3 is 3.00 bits per heavy atom. The molecule has 4 nitrogen and oxygen atoms in total. The smallest absolute Gasteiger partial charge is 0.0946 e. The number of aromatic nitrogens is 3. The molecule has 2 aromatic heterocycles. The van der Waals surface area contributed by atoms with Crippen LogP contribution in [0.2, 0.25) is 0 Å². The van der Waals surface area contributed by atoms with Crippen LogP contribution in [0.3, 0.4) is 0 Å². The quantitative estimate of drug-likeness (QED) is 0.767. The number of hydrogen-bond donors (Lipinski definition) is 1. The minimum atomic E-state index is 0.673. The molecule has 3 aromatic rings. The minimum absolute atomic E-state index is 0.673. The van der Waals surface area contributed by atoms with Crippen molar-refractivity contribution < 1.29 is 0 Å². The van der Waals surface area contributed by atoms with Crippen LogP contribution in [0.5, 0.6) is 0 Å². The summed E-state index contributed by atoms with van der Waals surface area (Å²) in [6, 6.07) is 10.1. The van der Waals surface area contributed by atoms with Gasteiger partial charge in [0.25, 0.3) is 0 Å². The lowest BCUT2D eigenvalue weighted by Crippen LogP contribution is -2.00. The molecule has 0 bridgehead atoms. The van der Waals surface area contributed by atoms with Gasteiger partial charge in [-0.2, -0.15) is 0 Å². The molecular weight excluding hydrogens is 232 g/mol. The second-order valence-electron chi connectivity index (χ2n) is 3.63. The van der Waals surface area contributed by atoms with Crippen molar-refractivity contribution in [1.82, 2.24) is 14.6 Å². The Labute approximate surface area is 102 Å². The summed E-state index contributed by atoms with van der Waals surface area (Å²) in [6.07, 6.45) is 1.80. The summed E-state index contributed by atoms with van der Waals surface area (Å²) in [5, 5.41) is 10.4. The third-order valence-corrected chi connectivity index (χ3v) is 3.05. The van der Waals surface area contributed by atoms with E-state index in [-0.39, 0.29) is 0 Å². The zero-order valence-electron chi connectivity index (χ0n) is 9.00. The van der Waals surface area contributed by atoms with Gasteiger partial charge < -0.3 is 5.32 Å². The van der Waals surface area contributed by atoms with E-state index < -0.39 is 0 Å². The molecule has 0 spiro atoms. The van der Waals surface area contributed by atoms with Gasteiger partial charge in [0.1, 0.15) is 0 Å². The van der Waals surface area contributed by atoms with Crippen LogP contribution < -0.4 is 5.32 Å². The molecule has 0 aliphatic carbocycles. The minimum Gasteiger partial charge on any atom is -0.378 e. The van der Waals surface area contributed by atoms with Gasteiger partial charge in [-0.05, 0) is 23.7 Å². The maximum absolute atomic E-state index is 4.39. The van der Waals surface area contributed by atoms with Crippen molar-refractivity contribution in [2.24, 2.45) is 0 Å². The molecule has 0 radical (unpaired) electrons. The lowest BCUT2D eigenvalue weighted by molar-refractivity contribution is 0.999. The fraction of sp³-hybridized carbons (Fsp3) is 0.0833. The molecule has 3 rings (SSSR count). The number of fused-ring (bicyclic) bond motifs is 1. The van der Waals surface area contributed by atoms with Crippen molar-refractivity contribution in [2.45, 2.75) is 6.54 Å². The molecule has 0 atom stereocenters. The van der Waals surface area contributed by atoms with Gasteiger partial charge in [0, 0.05) is 17.0 Å². The molecule has 5 heteroatoms. The molecule has 0 amide bonds. The maximum Gasteiger partial charge on any atom is 0.0946 e. The number of hydrogen-bond acceptors (Lipinski definition) is 5. The number of nitrogens with one attached hydrogen (secondary N) is 1. The molecule has 0 aliphatic heterocycles. The van der Waals surface area contributed by atoms with Crippen molar-refractivity contribution >= 4 is 28.1 Å². The van der Waals surface area contributed by atoms with E-state index in [9.17, 15) is 0 Å². The van der Waals surface area contributed by atoms with Crippen LogP contribution in [0.15, 0.2) is 41.9 Å². The number of rotatable bonds is 3. The van der Waals surface area contributed by atoms with Gasteiger partial charge in [-0.3, -0.25) is 4.98 Å². The molecule has 0 unspecified atom stereocenters. The van der Waals surface area contributed by atoms with Gasteiger partial charge >= 0.3 is 0 Å². The summed E-state index contributed by atoms with van der Waals surface area (Å²) in [5.41, 5.74) is 2.96. The summed E-state index contributed by atoms with van der Waals surface area (Å²) in [5.74, 6) is 0. The first kappa shape index (κ1) is 10.2. The van der Waals surface area contributed by atoms with Gasteiger partial charge in [0.15, 0.2) is 0 Å². The summed E-state index contributed by atoms with van der Waals surface area (Å²) in [4.78, 5) is 4.39. The van der Waals surface area contributed by atoms with E-state index in [1.807, 2.05) is 23.6 Å². The normalized spacial score (nSPS) is 10.6. The summed E-state index contributed by atoms with van der Waals surface area (Å²) in [6.45, 7) is 0.673. The molecule has 0 aliphatic rings. The standard InChI is InChI=1S/C12H10N4S/c1-3-9-4-2-6-13-12(9)11(5-1)14-7-10-8-17-16-15-10/h1-6,8,14H,7H2. The molecule has 2 heterocycles. The van der Waals surface area contributed by atoms with Crippen LogP contribution in [-0.4, -0.2) is 14.6 Å². The SMILES string of the molecule is c1cnc2c(NCc3csnn3)cccc2c1. The highest BCUT2D eigenvalue weighted by atomic mass is 32.1. The predicted octanol–water partition coefficient (Wildman–Crippen LogP) is 2.70. The van der Waals surface area contributed by atoms with Crippen LogP contribution in [0.4, 0.5) is 5.69 Å². The monoisotopic (exact) mass is 242 g/mol. The molecule has 0 saturated heterocycles. The first-order chi connectivity index (χ1) is 8.43. The van der Waals surface area contributed by atoms with Gasteiger partial charge in [0.2, 0.25) is 0 Å². The van der Waals surface area contributed by atoms with E-state index in [0.717, 1.165) is 22.3 Å². The van der Waals surface area contributed by atoms with E-state index in [0.29, 0.717) is 6.54 Å². The Kier molecular flexibility index (Phi) is 2.67. The van der Waals surface area contributed by atoms with E-state index >= 15 is 0 Å². The molecule has 0 saturated carbocycles. The highest BCUT2D eigenvalue weighted by molar-refractivity contribution is 7.03. The van der Waals surface area contributed by atoms with Crippen LogP contribution in [-0.2, 0) is 6.54 Å². The van der Waals surface area contributed by atoms with Gasteiger partial charge in [-0.1, -0.05) is 22.7 Å². The van der Waals surface area contributed by atoms with Gasteiger partial charge in [-0.25, -0.2) is 0 Å². The Morgan fingerprint density at radius 2 is 2.12 bits per heavy atom. The number of para-hydroxylation sites is 1.